The molecule has 1 heterocycles. The van der Waals surface area contributed by atoms with Crippen LogP contribution in [-0.4, -0.2) is 25.2 Å². The van der Waals surface area contributed by atoms with Crippen LogP contribution in [0.4, 0.5) is 0 Å². The van der Waals surface area contributed by atoms with Crippen LogP contribution in [0.5, 0.6) is 5.75 Å². The Morgan fingerprint density at radius 2 is 1.83 bits per heavy atom. The monoisotopic (exact) mass is 376 g/mol. The zero-order chi connectivity index (χ0) is 12.8. The summed E-state index contributed by atoms with van der Waals surface area (Å²) in [7, 11) is 0. The largest absolute Gasteiger partial charge is 0.494 e. The highest BCUT2D eigenvalue weighted by atomic mass is 79.9. The van der Waals surface area contributed by atoms with Crippen LogP contribution < -0.4 is 4.74 Å². The van der Waals surface area contributed by atoms with Crippen LogP contribution in [0.15, 0.2) is 28.7 Å². The maximum atomic E-state index is 5.81. The Morgan fingerprint density at radius 3 is 2.44 bits per heavy atom. The number of benzene rings is 1. The van der Waals surface area contributed by atoms with Gasteiger partial charge in [-0.1, -0.05) is 31.9 Å². The number of hydrogen-bond donors (Lipinski definition) is 0. The second-order valence-corrected chi connectivity index (χ2v) is 6.27. The lowest BCUT2D eigenvalue weighted by Gasteiger charge is -2.35. The van der Waals surface area contributed by atoms with Crippen LogP contribution in [0.1, 0.15) is 19.3 Å². The third kappa shape index (κ3) is 3.97. The van der Waals surface area contributed by atoms with Crippen LogP contribution in [0.25, 0.3) is 0 Å². The lowest BCUT2D eigenvalue weighted by Crippen LogP contribution is -2.32. The summed E-state index contributed by atoms with van der Waals surface area (Å²) in [4.78, 5) is 0. The zero-order valence-electron chi connectivity index (χ0n) is 10.3. The number of ether oxygens (including phenoxy) is 2. The van der Waals surface area contributed by atoms with Crippen LogP contribution in [0, 0.1) is 5.41 Å². The maximum Gasteiger partial charge on any atom is 0.119 e. The molecule has 0 spiro atoms. The molecule has 1 aromatic rings. The molecule has 0 atom stereocenters. The molecular weight excluding hydrogens is 360 g/mol. The number of hydrogen-bond acceptors (Lipinski definition) is 2. The van der Waals surface area contributed by atoms with Crippen molar-refractivity contribution >= 4 is 31.9 Å². The molecule has 0 radical (unpaired) electrons. The fourth-order valence-corrected chi connectivity index (χ4v) is 3.28. The Kier molecular flexibility index (Phi) is 5.52. The van der Waals surface area contributed by atoms with E-state index in [9.17, 15) is 0 Å². The topological polar surface area (TPSA) is 18.5 Å². The molecule has 0 aromatic heterocycles. The highest BCUT2D eigenvalue weighted by molar-refractivity contribution is 9.10. The first-order valence-electron chi connectivity index (χ1n) is 6.26. The summed E-state index contributed by atoms with van der Waals surface area (Å²) in [6.45, 7) is 2.53. The van der Waals surface area contributed by atoms with Crippen molar-refractivity contribution in [3.63, 3.8) is 0 Å². The Labute approximate surface area is 125 Å². The van der Waals surface area contributed by atoms with Gasteiger partial charge in [-0.15, -0.1) is 0 Å². The molecule has 0 N–H and O–H groups in total. The van der Waals surface area contributed by atoms with Crippen LogP contribution in [0.2, 0.25) is 0 Å². The van der Waals surface area contributed by atoms with Gasteiger partial charge in [0.05, 0.1) is 6.61 Å². The Morgan fingerprint density at radius 1 is 1.17 bits per heavy atom. The fraction of sp³-hybridized carbons (Fsp3) is 0.571. The van der Waals surface area contributed by atoms with Crippen molar-refractivity contribution in [3.8, 4) is 5.75 Å². The van der Waals surface area contributed by atoms with Crippen LogP contribution in [0.3, 0.4) is 0 Å². The van der Waals surface area contributed by atoms with Crippen molar-refractivity contribution in [2.24, 2.45) is 5.41 Å². The molecule has 1 aliphatic heterocycles. The molecule has 1 aliphatic rings. The van der Waals surface area contributed by atoms with Crippen molar-refractivity contribution in [1.82, 2.24) is 0 Å². The average Bonchev–Trinajstić information content (AvgIpc) is 2.42. The van der Waals surface area contributed by atoms with E-state index in [0.29, 0.717) is 5.41 Å². The smallest absolute Gasteiger partial charge is 0.119 e. The second-order valence-electron chi connectivity index (χ2n) is 4.80. The summed E-state index contributed by atoms with van der Waals surface area (Å²) < 4.78 is 12.3. The first-order valence-corrected chi connectivity index (χ1v) is 8.18. The van der Waals surface area contributed by atoms with E-state index in [1.54, 1.807) is 0 Å². The van der Waals surface area contributed by atoms with Gasteiger partial charge in [-0.3, -0.25) is 0 Å². The van der Waals surface area contributed by atoms with Gasteiger partial charge in [0.1, 0.15) is 5.75 Å². The first kappa shape index (κ1) is 14.4. The first-order chi connectivity index (χ1) is 8.74. The molecule has 0 bridgehead atoms. The van der Waals surface area contributed by atoms with Crippen molar-refractivity contribution in [3.05, 3.63) is 28.7 Å². The molecule has 1 fully saturated rings. The van der Waals surface area contributed by atoms with Gasteiger partial charge in [-0.25, -0.2) is 0 Å². The lowest BCUT2D eigenvalue weighted by molar-refractivity contribution is 0.0168. The predicted molar refractivity (Wildman–Crippen MR) is 80.5 cm³/mol. The molecule has 2 nitrogen and oxygen atoms in total. The third-order valence-corrected chi connectivity index (χ3v) is 5.27. The van der Waals surface area contributed by atoms with E-state index in [-0.39, 0.29) is 0 Å². The van der Waals surface area contributed by atoms with E-state index in [1.807, 2.05) is 24.3 Å². The second kappa shape index (κ2) is 6.92. The molecule has 18 heavy (non-hydrogen) atoms. The average molecular weight is 378 g/mol. The minimum Gasteiger partial charge on any atom is -0.494 e. The van der Waals surface area contributed by atoms with Crippen molar-refractivity contribution in [2.75, 3.05) is 25.2 Å². The highest BCUT2D eigenvalue weighted by Crippen LogP contribution is 2.36. The molecule has 1 aromatic carbocycles. The van der Waals surface area contributed by atoms with Gasteiger partial charge in [0.15, 0.2) is 0 Å². The van der Waals surface area contributed by atoms with E-state index in [1.165, 1.54) is 0 Å². The molecule has 4 heteroatoms. The zero-order valence-corrected chi connectivity index (χ0v) is 13.5. The van der Waals surface area contributed by atoms with Crippen LogP contribution >= 0.6 is 31.9 Å². The van der Waals surface area contributed by atoms with E-state index >= 15 is 0 Å². The Bertz CT molecular complexity index is 359. The van der Waals surface area contributed by atoms with Crippen molar-refractivity contribution in [1.29, 1.82) is 0 Å². The molecule has 2 rings (SSSR count). The van der Waals surface area contributed by atoms with Gasteiger partial charge in [-0.2, -0.15) is 0 Å². The minimum atomic E-state index is 0.355. The maximum absolute atomic E-state index is 5.81. The van der Waals surface area contributed by atoms with Gasteiger partial charge in [-0.05, 0) is 48.9 Å². The standard InChI is InChI=1S/C14H18Br2O2/c15-11-14(5-8-17-9-6-14)7-10-18-13-3-1-12(16)2-4-13/h1-4H,5-11H2. The van der Waals surface area contributed by atoms with Crippen LogP contribution in [-0.2, 0) is 4.74 Å². The fourth-order valence-electron chi connectivity index (χ4n) is 2.17. The minimum absolute atomic E-state index is 0.355. The number of rotatable bonds is 5. The molecule has 0 aliphatic carbocycles. The number of alkyl halides is 1. The normalized spacial score (nSPS) is 18.6. The predicted octanol–water partition coefficient (Wildman–Crippen LogP) is 4.41. The quantitative estimate of drug-likeness (QED) is 0.707. The molecule has 0 unspecified atom stereocenters. The third-order valence-electron chi connectivity index (χ3n) is 3.55. The Balaban J connectivity index is 1.81. The number of halogens is 2. The summed E-state index contributed by atoms with van der Waals surface area (Å²) in [6.07, 6.45) is 3.33. The van der Waals surface area contributed by atoms with Gasteiger partial charge in [0, 0.05) is 23.0 Å². The van der Waals surface area contributed by atoms with Crippen molar-refractivity contribution in [2.45, 2.75) is 19.3 Å². The van der Waals surface area contributed by atoms with Gasteiger partial charge in [0.25, 0.3) is 0 Å². The summed E-state index contributed by atoms with van der Waals surface area (Å²) in [6, 6.07) is 8.00. The molecule has 0 amide bonds. The summed E-state index contributed by atoms with van der Waals surface area (Å²) in [5.74, 6) is 0.940. The summed E-state index contributed by atoms with van der Waals surface area (Å²) in [5, 5.41) is 1.03. The summed E-state index contributed by atoms with van der Waals surface area (Å²) >= 11 is 7.07. The van der Waals surface area contributed by atoms with Gasteiger partial charge < -0.3 is 9.47 Å². The van der Waals surface area contributed by atoms with Crippen molar-refractivity contribution < 1.29 is 9.47 Å². The molecule has 0 saturated carbocycles. The lowest BCUT2D eigenvalue weighted by atomic mass is 9.80. The summed E-state index contributed by atoms with van der Waals surface area (Å²) in [5.41, 5.74) is 0.355. The molecule has 100 valence electrons. The van der Waals surface area contributed by atoms with Gasteiger partial charge in [0.2, 0.25) is 0 Å². The van der Waals surface area contributed by atoms with E-state index in [4.69, 9.17) is 9.47 Å². The SMILES string of the molecule is BrCC1(CCOc2ccc(Br)cc2)CCOCC1. The molecular formula is C14H18Br2O2. The van der Waals surface area contributed by atoms with E-state index in [2.05, 4.69) is 31.9 Å². The van der Waals surface area contributed by atoms with E-state index < -0.39 is 0 Å². The Hall–Kier alpha value is -0.0600. The van der Waals surface area contributed by atoms with Gasteiger partial charge >= 0.3 is 0 Å². The van der Waals surface area contributed by atoms with E-state index in [0.717, 1.165) is 54.6 Å². The molecule has 1 saturated heterocycles. The highest BCUT2D eigenvalue weighted by Gasteiger charge is 2.31.